The Morgan fingerprint density at radius 2 is 1.35 bits per heavy atom. The van der Waals surface area contributed by atoms with Crippen LogP contribution >= 0.6 is 43.5 Å². The molecule has 268 valence electrons. The van der Waals surface area contributed by atoms with Gasteiger partial charge in [-0.2, -0.15) is 0 Å². The van der Waals surface area contributed by atoms with Gasteiger partial charge in [0.05, 0.1) is 37.5 Å². The Labute approximate surface area is 315 Å². The molecule has 0 aliphatic carbocycles. The Morgan fingerprint density at radius 1 is 0.824 bits per heavy atom. The highest BCUT2D eigenvalue weighted by molar-refractivity contribution is 9.10. The predicted molar refractivity (Wildman–Crippen MR) is 205 cm³/mol. The molecule has 6 N–H and O–H groups in total. The summed E-state index contributed by atoms with van der Waals surface area (Å²) in [4.78, 5) is 27.3. The van der Waals surface area contributed by atoms with Crippen molar-refractivity contribution in [3.8, 4) is 17.2 Å². The molecule has 0 saturated heterocycles. The lowest BCUT2D eigenvalue weighted by molar-refractivity contribution is 0.0697. The van der Waals surface area contributed by atoms with Gasteiger partial charge in [-0.1, -0.05) is 45.4 Å². The van der Waals surface area contributed by atoms with E-state index in [1.54, 1.807) is 50.9 Å². The second-order valence-corrected chi connectivity index (χ2v) is 13.6. The van der Waals surface area contributed by atoms with Gasteiger partial charge in [-0.15, -0.1) is 0 Å². The van der Waals surface area contributed by atoms with E-state index in [0.717, 1.165) is 25.2 Å². The highest BCUT2D eigenvalue weighted by atomic mass is 79.9. The molecular formula is C33H32Br2ClN7O7S. The summed E-state index contributed by atoms with van der Waals surface area (Å²) in [5.41, 5.74) is 7.73. The zero-order valence-electron chi connectivity index (χ0n) is 26.4. The Kier molecular flexibility index (Phi) is 14.3. The van der Waals surface area contributed by atoms with Crippen LogP contribution in [0.25, 0.3) is 21.8 Å². The maximum atomic E-state index is 11.3. The van der Waals surface area contributed by atoms with Crippen molar-refractivity contribution in [2.45, 2.75) is 12.3 Å². The van der Waals surface area contributed by atoms with Crippen LogP contribution in [0.3, 0.4) is 0 Å². The number of methoxy groups -OCH3 is 3. The molecule has 2 heterocycles. The number of hydrogen-bond donors (Lipinski definition) is 4. The number of ether oxygens (including phenoxy) is 3. The average Bonchev–Trinajstić information content (AvgIpc) is 3.08. The molecule has 6 aromatic rings. The fraction of sp³-hybridized carbons (Fsp3) is 0.121. The number of benzene rings is 4. The summed E-state index contributed by atoms with van der Waals surface area (Å²) in [5.74, 6) is 1.00. The molecule has 0 atom stereocenters. The first-order valence-electron chi connectivity index (χ1n) is 14.0. The lowest BCUT2D eigenvalue weighted by atomic mass is 10.2. The molecule has 0 bridgehead atoms. The highest BCUT2D eigenvalue weighted by Crippen LogP contribution is 2.30. The van der Waals surface area contributed by atoms with Gasteiger partial charge in [0.1, 0.15) is 28.3 Å². The molecule has 14 nitrogen and oxygen atoms in total. The number of carbonyl (C=O) groups is 1. The Morgan fingerprint density at radius 3 is 1.86 bits per heavy atom. The Hall–Kier alpha value is -4.81. The van der Waals surface area contributed by atoms with E-state index < -0.39 is 16.0 Å². The standard InChI is InChI=1S/C15H13BrN4O3S.C9H6BrClN2O.C8H9NO3.CH4/c1-23-13-7-10(16)6-9-8-18-15(20-14(9)13)19-11-2-4-12(5-3-11)24(17,21)22;1-14-7-3-6(10)2-5-4-12-9(11)13-8(5)7;1-12-6-4-2-3-5(7(6)9)8(10)11;/h2-8H,1H3,(H2,17,21,22)(H,18,19,20);2-4H,1H3;2-4H,9H2,1H3,(H,10,11);1H4. The number of hydrogen-bond acceptors (Lipinski definition) is 12. The van der Waals surface area contributed by atoms with E-state index in [1.807, 2.05) is 24.3 Å². The van der Waals surface area contributed by atoms with E-state index in [1.165, 1.54) is 25.3 Å². The number of nitrogen functional groups attached to an aromatic ring is 1. The summed E-state index contributed by atoms with van der Waals surface area (Å²) < 4.78 is 39.7. The molecule has 0 radical (unpaired) electrons. The summed E-state index contributed by atoms with van der Waals surface area (Å²) in [7, 11) is 0.894. The van der Waals surface area contributed by atoms with Crippen LogP contribution in [0.2, 0.25) is 5.28 Å². The zero-order valence-corrected chi connectivity index (χ0v) is 31.1. The first-order valence-corrected chi connectivity index (χ1v) is 17.5. The summed E-state index contributed by atoms with van der Waals surface area (Å²) in [6.07, 6.45) is 3.34. The lowest BCUT2D eigenvalue weighted by Gasteiger charge is -2.09. The van der Waals surface area contributed by atoms with Gasteiger partial charge < -0.3 is 30.4 Å². The van der Waals surface area contributed by atoms with Crippen LogP contribution in [0.4, 0.5) is 17.3 Å². The van der Waals surface area contributed by atoms with E-state index >= 15 is 0 Å². The number of carboxylic acids is 1. The third-order valence-electron chi connectivity index (χ3n) is 6.59. The average molecular weight is 866 g/mol. The van der Waals surface area contributed by atoms with Crippen LogP contribution < -0.4 is 30.4 Å². The van der Waals surface area contributed by atoms with Crippen molar-refractivity contribution in [3.63, 3.8) is 0 Å². The van der Waals surface area contributed by atoms with E-state index in [-0.39, 0.29) is 28.9 Å². The number of fused-ring (bicyclic) bond motifs is 2. The fourth-order valence-corrected chi connectivity index (χ4v) is 5.83. The molecule has 4 aromatic carbocycles. The topological polar surface area (TPSA) is 215 Å². The van der Waals surface area contributed by atoms with Gasteiger partial charge in [-0.05, 0) is 72.3 Å². The Bertz CT molecular complexity index is 2280. The van der Waals surface area contributed by atoms with Crippen molar-refractivity contribution >= 4 is 98.6 Å². The normalized spacial score (nSPS) is 10.5. The maximum absolute atomic E-state index is 11.3. The van der Waals surface area contributed by atoms with Crippen molar-refractivity contribution < 1.29 is 32.5 Å². The minimum absolute atomic E-state index is 0. The predicted octanol–water partition coefficient (Wildman–Crippen LogP) is 7.46. The van der Waals surface area contributed by atoms with Gasteiger partial charge in [0, 0.05) is 37.8 Å². The van der Waals surface area contributed by atoms with Crippen LogP contribution in [-0.2, 0) is 10.0 Å². The fourth-order valence-electron chi connectivity index (χ4n) is 4.27. The molecule has 0 aliphatic heterocycles. The summed E-state index contributed by atoms with van der Waals surface area (Å²) >= 11 is 12.5. The number of para-hydroxylation sites is 1. The van der Waals surface area contributed by atoms with Crippen molar-refractivity contribution in [1.29, 1.82) is 0 Å². The SMILES string of the molecule is C.COc1cc(Br)cc2cnc(Cl)nc12.COc1cc(Br)cc2cnc(Nc3ccc(S(N)(=O)=O)cc3)nc12.COc1cccc(C(=O)O)c1N. The second-order valence-electron chi connectivity index (χ2n) is 9.85. The molecule has 0 amide bonds. The van der Waals surface area contributed by atoms with Gasteiger partial charge in [0.15, 0.2) is 0 Å². The number of nitrogens with zero attached hydrogens (tertiary/aromatic N) is 4. The van der Waals surface area contributed by atoms with Crippen molar-refractivity contribution in [3.05, 3.63) is 98.9 Å². The number of sulfonamides is 1. The van der Waals surface area contributed by atoms with Crippen LogP contribution in [0, 0.1) is 0 Å². The largest absolute Gasteiger partial charge is 0.495 e. The Balaban J connectivity index is 0.000000222. The molecule has 51 heavy (non-hydrogen) atoms. The summed E-state index contributed by atoms with van der Waals surface area (Å²) in [6, 6.07) is 18.1. The van der Waals surface area contributed by atoms with Crippen LogP contribution in [0.15, 0.2) is 93.0 Å². The first-order chi connectivity index (χ1) is 23.7. The third kappa shape index (κ3) is 10.6. The maximum Gasteiger partial charge on any atom is 0.337 e. The molecule has 0 unspecified atom stereocenters. The number of halogens is 3. The number of rotatable bonds is 7. The monoisotopic (exact) mass is 863 g/mol. The quantitative estimate of drug-likeness (QED) is 0.0907. The molecule has 2 aromatic heterocycles. The zero-order chi connectivity index (χ0) is 36.6. The molecule has 0 aliphatic rings. The van der Waals surface area contributed by atoms with Crippen molar-refractivity contribution in [2.75, 3.05) is 32.4 Å². The second kappa shape index (κ2) is 17.9. The number of aromatic nitrogens is 4. The van der Waals surface area contributed by atoms with E-state index in [0.29, 0.717) is 34.4 Å². The number of nitrogens with two attached hydrogens (primary N) is 2. The third-order valence-corrected chi connectivity index (χ3v) is 8.62. The van der Waals surface area contributed by atoms with Crippen LogP contribution in [-0.4, -0.2) is 60.8 Å². The molecular weight excluding hydrogens is 834 g/mol. The summed E-state index contributed by atoms with van der Waals surface area (Å²) in [5, 5.41) is 18.7. The molecule has 0 saturated carbocycles. The summed E-state index contributed by atoms with van der Waals surface area (Å²) in [6.45, 7) is 0. The van der Waals surface area contributed by atoms with E-state index in [4.69, 9.17) is 41.8 Å². The van der Waals surface area contributed by atoms with Crippen LogP contribution in [0.5, 0.6) is 17.2 Å². The van der Waals surface area contributed by atoms with Crippen molar-refractivity contribution in [2.24, 2.45) is 5.14 Å². The number of carboxylic acid groups (broad SMARTS) is 1. The molecule has 0 fully saturated rings. The number of primary sulfonamides is 1. The van der Waals surface area contributed by atoms with Gasteiger partial charge in [-0.3, -0.25) is 0 Å². The van der Waals surface area contributed by atoms with Gasteiger partial charge >= 0.3 is 5.97 Å². The molecule has 0 spiro atoms. The van der Waals surface area contributed by atoms with Gasteiger partial charge in [0.2, 0.25) is 21.3 Å². The highest BCUT2D eigenvalue weighted by Gasteiger charge is 2.12. The first kappa shape index (κ1) is 40.6. The van der Waals surface area contributed by atoms with Crippen LogP contribution in [0.1, 0.15) is 17.8 Å². The van der Waals surface area contributed by atoms with E-state index in [9.17, 15) is 13.2 Å². The molecule has 18 heteroatoms. The van der Waals surface area contributed by atoms with E-state index in [2.05, 4.69) is 57.1 Å². The number of anilines is 3. The lowest BCUT2D eigenvalue weighted by Crippen LogP contribution is -2.11. The minimum atomic E-state index is -3.71. The van der Waals surface area contributed by atoms with Gasteiger partial charge in [-0.25, -0.2) is 38.3 Å². The number of nitrogens with one attached hydrogen (secondary N) is 1. The minimum Gasteiger partial charge on any atom is -0.495 e. The molecule has 6 rings (SSSR count). The van der Waals surface area contributed by atoms with Crippen molar-refractivity contribution in [1.82, 2.24) is 19.9 Å². The smallest absolute Gasteiger partial charge is 0.337 e. The number of aromatic carboxylic acids is 1. The van der Waals surface area contributed by atoms with Gasteiger partial charge in [0.25, 0.3) is 0 Å².